The van der Waals surface area contributed by atoms with Crippen LogP contribution in [-0.4, -0.2) is 27.7 Å². The van der Waals surface area contributed by atoms with E-state index in [1.807, 2.05) is 0 Å². The summed E-state index contributed by atoms with van der Waals surface area (Å²) < 4.78 is 0. The number of rotatable bonds is 0. The van der Waals surface area contributed by atoms with Crippen LogP contribution in [0, 0.1) is 0 Å². The predicted molar refractivity (Wildman–Crippen MR) is 23.5 cm³/mol. The van der Waals surface area contributed by atoms with Crippen molar-refractivity contribution in [2.45, 2.75) is 0 Å². The van der Waals surface area contributed by atoms with Gasteiger partial charge in [0.15, 0.2) is 0 Å². The number of hydroxylamine groups is 2. The molecule has 0 fully saturated rings. The molecule has 0 aliphatic heterocycles. The summed E-state index contributed by atoms with van der Waals surface area (Å²) in [4.78, 5) is 19.7. The number of hydrogen-bond acceptors (Lipinski definition) is 4. The topological polar surface area (TPSA) is 116 Å². The molecule has 7 nitrogen and oxygen atoms in total. The molecular weight excluding hydrogens is 130 g/mol. The fraction of sp³-hybridized carbons (Fsp3) is 0. The summed E-state index contributed by atoms with van der Waals surface area (Å²) in [5, 5.41) is 16.3. The molecule has 9 heavy (non-hydrogen) atoms. The minimum Gasteiger partial charge on any atom is -0.351 e. The summed E-state index contributed by atoms with van der Waals surface area (Å²) in [7, 11) is 0. The van der Waals surface area contributed by atoms with Crippen molar-refractivity contribution in [1.29, 1.82) is 0 Å². The first-order valence-electron chi connectivity index (χ1n) is 1.82. The van der Waals surface area contributed by atoms with E-state index in [1.165, 1.54) is 5.32 Å². The van der Waals surface area contributed by atoms with Gasteiger partial charge in [-0.2, -0.15) is 0 Å². The fourth-order valence-corrected chi connectivity index (χ4v) is 0.155. The molecule has 0 spiro atoms. The van der Waals surface area contributed by atoms with Crippen molar-refractivity contribution in [2.75, 3.05) is 0 Å². The van der Waals surface area contributed by atoms with E-state index in [4.69, 9.17) is 10.4 Å². The molecule has 0 aromatic carbocycles. The molecule has 7 heteroatoms. The number of nitrogens with zero attached hydrogens (tertiary/aromatic N) is 1. The fourth-order valence-electron chi connectivity index (χ4n) is 0.155. The van der Waals surface area contributed by atoms with E-state index in [1.54, 1.807) is 0 Å². The number of urea groups is 2. The Hall–Kier alpha value is -1.34. The second-order valence-electron chi connectivity index (χ2n) is 1.08. The maximum Gasteiger partial charge on any atom is 0.374 e. The van der Waals surface area contributed by atoms with E-state index in [0.717, 1.165) is 0 Å². The molecule has 0 aliphatic carbocycles. The quantitative estimate of drug-likeness (QED) is 0.248. The zero-order valence-electron chi connectivity index (χ0n) is 4.24. The average Bonchev–Trinajstić information content (AvgIpc) is 1.63. The van der Waals surface area contributed by atoms with Crippen LogP contribution >= 0.6 is 0 Å². The summed E-state index contributed by atoms with van der Waals surface area (Å²) in [5.41, 5.74) is 4.41. The number of nitrogens with two attached hydrogens (primary N) is 1. The van der Waals surface area contributed by atoms with Gasteiger partial charge >= 0.3 is 12.1 Å². The first-order valence-corrected chi connectivity index (χ1v) is 1.82. The Morgan fingerprint density at radius 1 is 1.44 bits per heavy atom. The molecule has 0 rings (SSSR count). The minimum atomic E-state index is -1.40. The van der Waals surface area contributed by atoms with Crippen LogP contribution in [0.4, 0.5) is 9.59 Å². The Bertz CT molecular complexity index is 132. The molecule has 5 N–H and O–H groups in total. The molecule has 0 saturated carbocycles. The first kappa shape index (κ1) is 7.66. The summed E-state index contributed by atoms with van der Waals surface area (Å²) in [6, 6.07) is -2.56. The largest absolute Gasteiger partial charge is 0.374 e. The smallest absolute Gasteiger partial charge is 0.351 e. The molecule has 0 radical (unpaired) electrons. The second kappa shape index (κ2) is 2.84. The van der Waals surface area contributed by atoms with Crippen molar-refractivity contribution in [1.82, 2.24) is 10.5 Å². The highest BCUT2D eigenvalue weighted by Gasteiger charge is 2.07. The van der Waals surface area contributed by atoms with E-state index in [0.29, 0.717) is 0 Å². The summed E-state index contributed by atoms with van der Waals surface area (Å²) in [6.45, 7) is 0. The lowest BCUT2D eigenvalue weighted by molar-refractivity contribution is -0.257. The van der Waals surface area contributed by atoms with E-state index in [-0.39, 0.29) is 0 Å². The number of amides is 4. The molecule has 0 bridgehead atoms. The lowest BCUT2D eigenvalue weighted by Crippen LogP contribution is -2.42. The summed E-state index contributed by atoms with van der Waals surface area (Å²) in [6.07, 6.45) is 0. The van der Waals surface area contributed by atoms with Gasteiger partial charge in [0.1, 0.15) is 0 Å². The van der Waals surface area contributed by atoms with Crippen LogP contribution in [0.25, 0.3) is 0 Å². The van der Waals surface area contributed by atoms with Crippen LogP contribution < -0.4 is 11.1 Å². The standard InChI is InChI=1S/C2H5N3O4/c3-1(6)4-2(7)5(8)9/h8-9H,(H3,3,4,6,7). The van der Waals surface area contributed by atoms with Crippen molar-refractivity contribution in [2.24, 2.45) is 5.73 Å². The Morgan fingerprint density at radius 2 is 1.89 bits per heavy atom. The highest BCUT2D eigenvalue weighted by atomic mass is 16.8. The molecule has 0 aliphatic rings. The third kappa shape index (κ3) is 3.26. The first-order chi connectivity index (χ1) is 4.04. The molecule has 0 heterocycles. The highest BCUT2D eigenvalue weighted by Crippen LogP contribution is 1.72. The Kier molecular flexibility index (Phi) is 2.42. The van der Waals surface area contributed by atoms with Crippen LogP contribution in [0.1, 0.15) is 0 Å². The van der Waals surface area contributed by atoms with Crippen molar-refractivity contribution in [3.63, 3.8) is 0 Å². The normalized spacial score (nSPS) is 8.22. The highest BCUT2D eigenvalue weighted by molar-refractivity contribution is 5.91. The maximum absolute atomic E-state index is 9.97. The summed E-state index contributed by atoms with van der Waals surface area (Å²) >= 11 is 0. The third-order valence-electron chi connectivity index (χ3n) is 0.412. The Morgan fingerprint density at radius 3 is 2.00 bits per heavy atom. The second-order valence-corrected chi connectivity index (χ2v) is 1.08. The van der Waals surface area contributed by atoms with Gasteiger partial charge in [-0.1, -0.05) is 5.23 Å². The molecule has 52 valence electrons. The Labute approximate surface area is 49.6 Å². The van der Waals surface area contributed by atoms with Crippen molar-refractivity contribution < 1.29 is 20.0 Å². The predicted octanol–water partition coefficient (Wildman–Crippen LogP) is -1.14. The zero-order valence-corrected chi connectivity index (χ0v) is 4.24. The maximum atomic E-state index is 9.97. The molecule has 0 aromatic rings. The number of nitrogens with one attached hydrogen (secondary N) is 1. The van der Waals surface area contributed by atoms with Crippen LogP contribution in [-0.2, 0) is 0 Å². The van der Waals surface area contributed by atoms with Gasteiger partial charge in [0.05, 0.1) is 0 Å². The molecule has 4 amide bonds. The van der Waals surface area contributed by atoms with Gasteiger partial charge < -0.3 is 5.73 Å². The van der Waals surface area contributed by atoms with E-state index in [2.05, 4.69) is 5.73 Å². The monoisotopic (exact) mass is 135 g/mol. The molecule has 0 saturated heterocycles. The number of primary amides is 1. The van der Waals surface area contributed by atoms with Gasteiger partial charge in [-0.15, -0.1) is 0 Å². The van der Waals surface area contributed by atoms with E-state index in [9.17, 15) is 9.59 Å². The van der Waals surface area contributed by atoms with Gasteiger partial charge in [-0.05, 0) is 0 Å². The third-order valence-corrected chi connectivity index (χ3v) is 0.412. The van der Waals surface area contributed by atoms with Gasteiger partial charge in [0, 0.05) is 0 Å². The van der Waals surface area contributed by atoms with E-state index >= 15 is 0 Å². The van der Waals surface area contributed by atoms with Gasteiger partial charge in [-0.3, -0.25) is 15.7 Å². The lowest BCUT2D eigenvalue weighted by atomic mass is 10.9. The molecule has 0 atom stereocenters. The minimum absolute atomic E-state index is 0.787. The summed E-state index contributed by atoms with van der Waals surface area (Å²) in [5.74, 6) is 0. The Balaban J connectivity index is 3.64. The van der Waals surface area contributed by atoms with Crippen LogP contribution in [0.15, 0.2) is 0 Å². The van der Waals surface area contributed by atoms with Crippen LogP contribution in [0.5, 0.6) is 0 Å². The molecule has 0 aromatic heterocycles. The van der Waals surface area contributed by atoms with Gasteiger partial charge in [-0.25, -0.2) is 9.59 Å². The number of carbonyl (C=O) groups is 2. The molecule has 0 unspecified atom stereocenters. The SMILES string of the molecule is NC(=O)NC(=O)N(O)O. The number of carbonyl (C=O) groups excluding carboxylic acids is 2. The molecular formula is C2H5N3O4. The van der Waals surface area contributed by atoms with Crippen molar-refractivity contribution >= 4 is 12.1 Å². The van der Waals surface area contributed by atoms with Crippen molar-refractivity contribution in [3.8, 4) is 0 Å². The van der Waals surface area contributed by atoms with Crippen LogP contribution in [0.3, 0.4) is 0 Å². The van der Waals surface area contributed by atoms with Gasteiger partial charge in [0.2, 0.25) is 0 Å². The number of imide groups is 1. The average molecular weight is 135 g/mol. The van der Waals surface area contributed by atoms with Gasteiger partial charge in [0.25, 0.3) is 0 Å². The number of hydrogen-bond donors (Lipinski definition) is 4. The lowest BCUT2D eigenvalue weighted by Gasteiger charge is -2.03. The van der Waals surface area contributed by atoms with E-state index < -0.39 is 17.3 Å². The van der Waals surface area contributed by atoms with Crippen LogP contribution in [0.2, 0.25) is 0 Å². The zero-order chi connectivity index (χ0) is 7.44. The van der Waals surface area contributed by atoms with Crippen molar-refractivity contribution in [3.05, 3.63) is 0 Å².